The first-order valence-corrected chi connectivity index (χ1v) is 4.37. The molecule has 0 N–H and O–H groups in total. The van der Waals surface area contributed by atoms with Gasteiger partial charge in [0, 0.05) is 12.7 Å². The Morgan fingerprint density at radius 1 is 1.46 bits per heavy atom. The van der Waals surface area contributed by atoms with E-state index in [1.807, 2.05) is 37.1 Å². The fourth-order valence-electron chi connectivity index (χ4n) is 1.29. The largest absolute Gasteiger partial charge is 0.367 e. The number of anilines is 1. The number of Topliss-reactive ketones (excluding diaryl/α,β-unsaturated/α-hetero) is 1. The highest BCUT2D eigenvalue weighted by Gasteiger charge is 2.02. The summed E-state index contributed by atoms with van der Waals surface area (Å²) in [4.78, 5) is 12.8. The Kier molecular flexibility index (Phi) is 3.07. The molecule has 0 aliphatic rings. The van der Waals surface area contributed by atoms with Gasteiger partial charge in [0.1, 0.15) is 5.78 Å². The third kappa shape index (κ3) is 2.90. The molecule has 1 rings (SSSR count). The summed E-state index contributed by atoms with van der Waals surface area (Å²) < 4.78 is 0. The first kappa shape index (κ1) is 9.78. The van der Waals surface area contributed by atoms with E-state index >= 15 is 0 Å². The predicted molar refractivity (Wildman–Crippen MR) is 55.1 cm³/mol. The van der Waals surface area contributed by atoms with Crippen LogP contribution in [0, 0.1) is 6.92 Å². The van der Waals surface area contributed by atoms with Crippen molar-refractivity contribution in [3.05, 3.63) is 29.8 Å². The number of likely N-dealkylation sites (N-methyl/N-ethyl adjacent to an activating group) is 1. The molecule has 0 unspecified atom stereocenters. The van der Waals surface area contributed by atoms with Gasteiger partial charge in [-0.1, -0.05) is 12.1 Å². The van der Waals surface area contributed by atoms with E-state index in [-0.39, 0.29) is 5.78 Å². The smallest absolute Gasteiger partial charge is 0.149 e. The maximum atomic E-state index is 10.9. The van der Waals surface area contributed by atoms with Gasteiger partial charge in [0.25, 0.3) is 0 Å². The Morgan fingerprint density at radius 3 is 2.69 bits per heavy atom. The van der Waals surface area contributed by atoms with Gasteiger partial charge < -0.3 is 4.90 Å². The summed E-state index contributed by atoms with van der Waals surface area (Å²) in [5.41, 5.74) is 2.31. The number of rotatable bonds is 3. The Hall–Kier alpha value is -1.31. The summed E-state index contributed by atoms with van der Waals surface area (Å²) in [5, 5.41) is 0. The van der Waals surface area contributed by atoms with Gasteiger partial charge in [0.2, 0.25) is 0 Å². The van der Waals surface area contributed by atoms with Crippen molar-refractivity contribution in [3.63, 3.8) is 0 Å². The lowest BCUT2D eigenvalue weighted by atomic mass is 10.2. The van der Waals surface area contributed by atoms with Crippen LogP contribution in [-0.4, -0.2) is 19.4 Å². The van der Waals surface area contributed by atoms with Crippen molar-refractivity contribution in [2.24, 2.45) is 0 Å². The molecule has 70 valence electrons. The minimum absolute atomic E-state index is 0.184. The minimum atomic E-state index is 0.184. The molecule has 0 aliphatic carbocycles. The van der Waals surface area contributed by atoms with Crippen molar-refractivity contribution in [2.75, 3.05) is 18.5 Å². The highest BCUT2D eigenvalue weighted by Crippen LogP contribution is 2.13. The normalized spacial score (nSPS) is 9.77. The van der Waals surface area contributed by atoms with Crippen molar-refractivity contribution >= 4 is 11.5 Å². The van der Waals surface area contributed by atoms with Crippen LogP contribution < -0.4 is 4.90 Å². The van der Waals surface area contributed by atoms with Crippen molar-refractivity contribution < 1.29 is 4.79 Å². The fraction of sp³-hybridized carbons (Fsp3) is 0.364. The zero-order valence-electron chi connectivity index (χ0n) is 8.37. The van der Waals surface area contributed by atoms with Gasteiger partial charge in [-0.2, -0.15) is 0 Å². The zero-order valence-corrected chi connectivity index (χ0v) is 8.37. The van der Waals surface area contributed by atoms with Gasteiger partial charge in [-0.25, -0.2) is 0 Å². The number of carbonyl (C=O) groups is 1. The summed E-state index contributed by atoms with van der Waals surface area (Å²) in [5.74, 6) is 0.184. The van der Waals surface area contributed by atoms with Crippen LogP contribution in [0.25, 0.3) is 0 Å². The summed E-state index contributed by atoms with van der Waals surface area (Å²) in [7, 11) is 1.93. The van der Waals surface area contributed by atoms with Gasteiger partial charge >= 0.3 is 0 Å². The molecular weight excluding hydrogens is 162 g/mol. The SMILES string of the molecule is CC(=O)CN(C)c1cccc(C)c1. The zero-order chi connectivity index (χ0) is 9.84. The Balaban J connectivity index is 2.76. The maximum Gasteiger partial charge on any atom is 0.149 e. The average Bonchev–Trinajstić information content (AvgIpc) is 2.03. The minimum Gasteiger partial charge on any atom is -0.367 e. The molecular formula is C11H15NO. The maximum absolute atomic E-state index is 10.9. The number of benzene rings is 1. The number of aryl methyl sites for hydroxylation is 1. The third-order valence-corrected chi connectivity index (χ3v) is 1.90. The molecule has 2 heteroatoms. The second-order valence-corrected chi connectivity index (χ2v) is 3.40. The van der Waals surface area contributed by atoms with Crippen LogP contribution in [0.1, 0.15) is 12.5 Å². The standard InChI is InChI=1S/C11H15NO/c1-9-5-4-6-11(7-9)12(3)8-10(2)13/h4-7H,8H2,1-3H3. The summed E-state index contributed by atoms with van der Waals surface area (Å²) >= 11 is 0. The number of hydrogen-bond acceptors (Lipinski definition) is 2. The van der Waals surface area contributed by atoms with E-state index in [0.717, 1.165) is 5.69 Å². The first-order chi connectivity index (χ1) is 6.09. The molecule has 0 radical (unpaired) electrons. The lowest BCUT2D eigenvalue weighted by Crippen LogP contribution is -2.23. The summed E-state index contributed by atoms with van der Waals surface area (Å²) in [6, 6.07) is 8.13. The van der Waals surface area contributed by atoms with Crippen LogP contribution in [-0.2, 0) is 4.79 Å². The van der Waals surface area contributed by atoms with Crippen LogP contribution in [0.4, 0.5) is 5.69 Å². The van der Waals surface area contributed by atoms with Crippen LogP contribution in [0.2, 0.25) is 0 Å². The van der Waals surface area contributed by atoms with E-state index in [2.05, 4.69) is 6.07 Å². The molecule has 0 bridgehead atoms. The highest BCUT2D eigenvalue weighted by molar-refractivity contribution is 5.80. The molecule has 0 fully saturated rings. The van der Waals surface area contributed by atoms with Crippen molar-refractivity contribution in [1.82, 2.24) is 0 Å². The average molecular weight is 177 g/mol. The predicted octanol–water partition coefficient (Wildman–Crippen LogP) is 2.02. The summed E-state index contributed by atoms with van der Waals surface area (Å²) in [6.07, 6.45) is 0. The van der Waals surface area contributed by atoms with Gasteiger partial charge in [0.05, 0.1) is 6.54 Å². The van der Waals surface area contributed by atoms with Crippen molar-refractivity contribution in [2.45, 2.75) is 13.8 Å². The molecule has 0 amide bonds. The molecule has 0 saturated carbocycles. The van der Waals surface area contributed by atoms with Crippen LogP contribution in [0.3, 0.4) is 0 Å². The second kappa shape index (κ2) is 4.08. The van der Waals surface area contributed by atoms with E-state index in [1.165, 1.54) is 5.56 Å². The topological polar surface area (TPSA) is 20.3 Å². The van der Waals surface area contributed by atoms with Crippen molar-refractivity contribution in [3.8, 4) is 0 Å². The van der Waals surface area contributed by atoms with Gasteiger partial charge in [-0.15, -0.1) is 0 Å². The molecule has 0 atom stereocenters. The molecule has 1 aromatic carbocycles. The van der Waals surface area contributed by atoms with Crippen LogP contribution in [0.5, 0.6) is 0 Å². The van der Waals surface area contributed by atoms with Crippen LogP contribution in [0.15, 0.2) is 24.3 Å². The molecule has 0 spiro atoms. The van der Waals surface area contributed by atoms with E-state index in [9.17, 15) is 4.79 Å². The molecule has 0 heterocycles. The molecule has 0 aromatic heterocycles. The highest BCUT2D eigenvalue weighted by atomic mass is 16.1. The Bertz CT molecular complexity index is 307. The number of hydrogen-bond donors (Lipinski definition) is 0. The van der Waals surface area contributed by atoms with E-state index in [4.69, 9.17) is 0 Å². The fourth-order valence-corrected chi connectivity index (χ4v) is 1.29. The summed E-state index contributed by atoms with van der Waals surface area (Å²) in [6.45, 7) is 4.13. The van der Waals surface area contributed by atoms with Gasteiger partial charge in [-0.3, -0.25) is 4.79 Å². The van der Waals surface area contributed by atoms with Crippen LogP contribution >= 0.6 is 0 Å². The second-order valence-electron chi connectivity index (χ2n) is 3.40. The van der Waals surface area contributed by atoms with E-state index in [1.54, 1.807) is 6.92 Å². The van der Waals surface area contributed by atoms with Gasteiger partial charge in [0.15, 0.2) is 0 Å². The van der Waals surface area contributed by atoms with Gasteiger partial charge in [-0.05, 0) is 31.5 Å². The quantitative estimate of drug-likeness (QED) is 0.704. The van der Waals surface area contributed by atoms with Crippen molar-refractivity contribution in [1.29, 1.82) is 0 Å². The third-order valence-electron chi connectivity index (χ3n) is 1.90. The lowest BCUT2D eigenvalue weighted by molar-refractivity contribution is -0.115. The molecule has 0 aliphatic heterocycles. The lowest BCUT2D eigenvalue weighted by Gasteiger charge is -2.17. The Morgan fingerprint density at radius 2 is 2.15 bits per heavy atom. The Labute approximate surface area is 79.2 Å². The molecule has 13 heavy (non-hydrogen) atoms. The molecule has 1 aromatic rings. The number of carbonyl (C=O) groups excluding carboxylic acids is 1. The number of ketones is 1. The number of nitrogens with zero attached hydrogens (tertiary/aromatic N) is 1. The monoisotopic (exact) mass is 177 g/mol. The molecule has 2 nitrogen and oxygen atoms in total. The van der Waals surface area contributed by atoms with E-state index in [0.29, 0.717) is 6.54 Å². The van der Waals surface area contributed by atoms with E-state index < -0.39 is 0 Å². The molecule has 0 saturated heterocycles. The first-order valence-electron chi connectivity index (χ1n) is 4.37.